The second kappa shape index (κ2) is 7.03. The van der Waals surface area contributed by atoms with Crippen LogP contribution in [0.5, 0.6) is 0 Å². The first-order valence-corrected chi connectivity index (χ1v) is 12.3. The minimum Gasteiger partial charge on any atom is -0.224 e. The molecule has 2 aromatic carbocycles. The topological polar surface area (TPSA) is 68.3 Å². The van der Waals surface area contributed by atoms with Gasteiger partial charge in [-0.1, -0.05) is 0 Å². The summed E-state index contributed by atoms with van der Waals surface area (Å²) in [7, 11) is -5.21. The molecule has 0 aromatic heterocycles. The highest BCUT2D eigenvalue weighted by molar-refractivity contribution is 8.76. The fraction of sp³-hybridized carbons (Fsp3) is 0.143. The van der Waals surface area contributed by atoms with Crippen LogP contribution in [0.2, 0.25) is 0 Å². The number of rotatable bonds is 5. The van der Waals surface area contributed by atoms with Gasteiger partial charge in [0.15, 0.2) is 19.7 Å². The third-order valence-corrected chi connectivity index (χ3v) is 7.54. The van der Waals surface area contributed by atoms with Crippen molar-refractivity contribution in [2.24, 2.45) is 0 Å². The smallest absolute Gasteiger partial charge is 0.175 e. The van der Waals surface area contributed by atoms with E-state index in [9.17, 15) is 25.6 Å². The first-order valence-electron chi connectivity index (χ1n) is 6.32. The fourth-order valence-corrected chi connectivity index (χ4v) is 4.97. The second-order valence-electron chi connectivity index (χ2n) is 4.90. The number of benzene rings is 2. The first-order chi connectivity index (χ1) is 11.0. The highest BCUT2D eigenvalue weighted by Gasteiger charge is 2.14. The Morgan fingerprint density at radius 2 is 1.04 bits per heavy atom. The average Bonchev–Trinajstić information content (AvgIpc) is 2.45. The minimum absolute atomic E-state index is 0.138. The lowest BCUT2D eigenvalue weighted by Crippen LogP contribution is -1.98. The van der Waals surface area contributed by atoms with Crippen LogP contribution in [0.4, 0.5) is 8.78 Å². The molecule has 0 aliphatic carbocycles. The predicted molar refractivity (Wildman–Crippen MR) is 90.7 cm³/mol. The van der Waals surface area contributed by atoms with E-state index in [1.807, 2.05) is 0 Å². The summed E-state index contributed by atoms with van der Waals surface area (Å²) in [5, 5.41) is 0. The zero-order valence-electron chi connectivity index (χ0n) is 12.5. The first kappa shape index (κ1) is 19.2. The van der Waals surface area contributed by atoms with Crippen molar-refractivity contribution < 1.29 is 25.6 Å². The maximum absolute atomic E-state index is 13.9. The molecule has 0 bridgehead atoms. The molecule has 2 rings (SSSR count). The van der Waals surface area contributed by atoms with Gasteiger partial charge in [-0.25, -0.2) is 25.6 Å². The summed E-state index contributed by atoms with van der Waals surface area (Å²) in [5.41, 5.74) is 0. The molecular weight excluding hydrogens is 398 g/mol. The lowest BCUT2D eigenvalue weighted by molar-refractivity contribution is 0.585. The molecule has 0 saturated heterocycles. The molecule has 0 N–H and O–H groups in total. The SMILES string of the molecule is CS(=O)(=O)c1ccc(SSc2ccc(S(C)(=O)=O)cc2F)c(F)c1. The van der Waals surface area contributed by atoms with Crippen LogP contribution in [0.25, 0.3) is 0 Å². The van der Waals surface area contributed by atoms with Gasteiger partial charge in [0.2, 0.25) is 0 Å². The van der Waals surface area contributed by atoms with Crippen LogP contribution in [0.15, 0.2) is 56.0 Å². The molecule has 0 aliphatic rings. The largest absolute Gasteiger partial charge is 0.224 e. The molecular formula is C14H12F2O4S4. The van der Waals surface area contributed by atoms with E-state index in [-0.39, 0.29) is 19.6 Å². The third kappa shape index (κ3) is 4.71. The van der Waals surface area contributed by atoms with Gasteiger partial charge in [0.25, 0.3) is 0 Å². The summed E-state index contributed by atoms with van der Waals surface area (Å²) in [4.78, 5) is -0.00551. The number of halogens is 2. The predicted octanol–water partition coefficient (Wildman–Crippen LogP) is 3.57. The van der Waals surface area contributed by atoms with Gasteiger partial charge < -0.3 is 0 Å². The average molecular weight is 411 g/mol. The molecule has 0 heterocycles. The normalized spacial score (nSPS) is 12.3. The van der Waals surface area contributed by atoms with Crippen molar-refractivity contribution in [2.75, 3.05) is 12.5 Å². The number of hydrogen-bond donors (Lipinski definition) is 0. The van der Waals surface area contributed by atoms with E-state index in [1.165, 1.54) is 24.3 Å². The van der Waals surface area contributed by atoms with Crippen molar-refractivity contribution in [1.29, 1.82) is 0 Å². The Bertz CT molecular complexity index is 904. The summed E-state index contributed by atoms with van der Waals surface area (Å²) in [6, 6.07) is 6.94. The molecule has 10 heteroatoms. The Hall–Kier alpha value is -1.10. The molecule has 24 heavy (non-hydrogen) atoms. The quantitative estimate of drug-likeness (QED) is 0.702. The monoisotopic (exact) mass is 410 g/mol. The molecule has 0 atom stereocenters. The fourth-order valence-electron chi connectivity index (χ4n) is 1.65. The summed E-state index contributed by atoms with van der Waals surface area (Å²) in [6.07, 6.45) is 1.95. The molecule has 0 saturated carbocycles. The molecule has 4 nitrogen and oxygen atoms in total. The number of sulfone groups is 2. The Morgan fingerprint density at radius 1 is 0.708 bits per heavy atom. The van der Waals surface area contributed by atoms with E-state index in [4.69, 9.17) is 0 Å². The van der Waals surface area contributed by atoms with Gasteiger partial charge in [-0.2, -0.15) is 0 Å². The molecule has 0 aliphatic heterocycles. The minimum atomic E-state index is -3.51. The van der Waals surface area contributed by atoms with Crippen LogP contribution in [0, 0.1) is 11.6 Å². The van der Waals surface area contributed by atoms with Crippen molar-refractivity contribution in [1.82, 2.24) is 0 Å². The highest BCUT2D eigenvalue weighted by atomic mass is 33.1. The van der Waals surface area contributed by atoms with Crippen LogP contribution in [0.1, 0.15) is 0 Å². The zero-order valence-corrected chi connectivity index (χ0v) is 15.8. The Balaban J connectivity index is 2.20. The van der Waals surface area contributed by atoms with Gasteiger partial charge >= 0.3 is 0 Å². The van der Waals surface area contributed by atoms with Crippen LogP contribution < -0.4 is 0 Å². The van der Waals surface area contributed by atoms with Crippen molar-refractivity contribution in [3.8, 4) is 0 Å². The van der Waals surface area contributed by atoms with Crippen LogP contribution >= 0.6 is 21.6 Å². The highest BCUT2D eigenvalue weighted by Crippen LogP contribution is 2.40. The summed E-state index contributed by atoms with van der Waals surface area (Å²) < 4.78 is 73.3. The van der Waals surface area contributed by atoms with Gasteiger partial charge in [0, 0.05) is 12.5 Å². The summed E-state index contributed by atoms with van der Waals surface area (Å²) in [6.45, 7) is 0. The van der Waals surface area contributed by atoms with Gasteiger partial charge in [-0.3, -0.25) is 0 Å². The second-order valence-corrected chi connectivity index (χ2v) is 11.1. The standard InChI is InChI=1S/C14H12F2O4S4/c1-23(17,18)9-3-5-13(11(15)7-9)21-22-14-6-4-10(8-12(14)16)24(2,19)20/h3-8H,1-2H3. The van der Waals surface area contributed by atoms with E-state index in [1.54, 1.807) is 0 Å². The molecule has 0 fully saturated rings. The van der Waals surface area contributed by atoms with Crippen LogP contribution in [-0.2, 0) is 19.7 Å². The van der Waals surface area contributed by atoms with Crippen LogP contribution in [0.3, 0.4) is 0 Å². The molecule has 2 aromatic rings. The van der Waals surface area contributed by atoms with E-state index in [0.29, 0.717) is 0 Å². The lowest BCUT2D eigenvalue weighted by atomic mass is 10.3. The van der Waals surface area contributed by atoms with Crippen molar-refractivity contribution in [3.05, 3.63) is 48.0 Å². The maximum Gasteiger partial charge on any atom is 0.175 e. The Morgan fingerprint density at radius 3 is 1.29 bits per heavy atom. The molecule has 0 unspecified atom stereocenters. The summed E-state index contributed by atoms with van der Waals surface area (Å²) in [5.74, 6) is -1.47. The summed E-state index contributed by atoms with van der Waals surface area (Å²) >= 11 is 0. The van der Waals surface area contributed by atoms with E-state index in [2.05, 4.69) is 0 Å². The number of hydrogen-bond acceptors (Lipinski definition) is 6. The van der Waals surface area contributed by atoms with Crippen molar-refractivity contribution in [3.63, 3.8) is 0 Å². The third-order valence-electron chi connectivity index (χ3n) is 2.88. The molecule has 0 amide bonds. The maximum atomic E-state index is 13.9. The van der Waals surface area contributed by atoms with Gasteiger partial charge in [-0.15, -0.1) is 0 Å². The lowest BCUT2D eigenvalue weighted by Gasteiger charge is -2.06. The molecule has 0 spiro atoms. The molecule has 0 radical (unpaired) electrons. The van der Waals surface area contributed by atoms with Crippen molar-refractivity contribution in [2.45, 2.75) is 19.6 Å². The van der Waals surface area contributed by atoms with Crippen molar-refractivity contribution >= 4 is 41.3 Å². The van der Waals surface area contributed by atoms with Gasteiger partial charge in [0.1, 0.15) is 11.6 Å². The molecule has 130 valence electrons. The van der Waals surface area contributed by atoms with Crippen LogP contribution in [-0.4, -0.2) is 29.3 Å². The van der Waals surface area contributed by atoms with E-state index >= 15 is 0 Å². The van der Waals surface area contributed by atoms with E-state index in [0.717, 1.165) is 46.2 Å². The van der Waals surface area contributed by atoms with Gasteiger partial charge in [-0.05, 0) is 58.0 Å². The Kier molecular flexibility index (Phi) is 5.63. The van der Waals surface area contributed by atoms with E-state index < -0.39 is 31.3 Å². The zero-order chi connectivity index (χ0) is 18.1. The van der Waals surface area contributed by atoms with Gasteiger partial charge in [0.05, 0.1) is 19.6 Å². The Labute approximate surface area is 146 Å².